The molecular weight excluding hydrogens is 368 g/mol. The molecule has 0 spiro atoms. The summed E-state index contributed by atoms with van der Waals surface area (Å²) >= 11 is 6.17. The molecule has 2 aliphatic heterocycles. The Bertz CT molecular complexity index is 621. The van der Waals surface area contributed by atoms with E-state index in [1.807, 2.05) is 0 Å². The molecule has 0 amide bonds. The van der Waals surface area contributed by atoms with Gasteiger partial charge >= 0.3 is 0 Å². The molecule has 0 aliphatic carbocycles. The fourth-order valence-corrected chi connectivity index (χ4v) is 3.34. The lowest BCUT2D eigenvalue weighted by Crippen LogP contribution is -2.63. The van der Waals surface area contributed by atoms with Gasteiger partial charge in [-0.25, -0.2) is 0 Å². The van der Waals surface area contributed by atoms with E-state index in [2.05, 4.69) is 0 Å². The highest BCUT2D eigenvalue weighted by molar-refractivity contribution is 6.32. The summed E-state index contributed by atoms with van der Waals surface area (Å²) in [6, 6.07) is 4.31. The smallest absolute Gasteiger partial charge is 0.222 e. The van der Waals surface area contributed by atoms with Crippen LogP contribution in [0.3, 0.4) is 0 Å². The highest BCUT2D eigenvalue weighted by Crippen LogP contribution is 2.39. The van der Waals surface area contributed by atoms with Crippen molar-refractivity contribution in [1.29, 1.82) is 0 Å². The summed E-state index contributed by atoms with van der Waals surface area (Å²) in [7, 11) is 0. The van der Waals surface area contributed by atoms with Crippen LogP contribution in [0.2, 0.25) is 5.02 Å². The molecule has 1 aromatic rings. The molecule has 26 heavy (non-hydrogen) atoms. The SMILES string of the molecule is OC[C@H]1O[C@](O)(c2ccc(Cl)c(OC3CCOCC3)c2)[C@H](O)[C@@H](O)[C@@H]1O. The van der Waals surface area contributed by atoms with E-state index in [0.29, 0.717) is 36.8 Å². The Morgan fingerprint density at radius 2 is 1.85 bits per heavy atom. The van der Waals surface area contributed by atoms with Crippen molar-refractivity contribution in [2.24, 2.45) is 0 Å². The minimum absolute atomic E-state index is 0.0841. The van der Waals surface area contributed by atoms with Gasteiger partial charge in [-0.05, 0) is 12.1 Å². The molecule has 0 aromatic heterocycles. The highest BCUT2D eigenvalue weighted by atomic mass is 35.5. The Morgan fingerprint density at radius 1 is 1.15 bits per heavy atom. The van der Waals surface area contributed by atoms with Gasteiger partial charge in [0, 0.05) is 18.4 Å². The first-order valence-electron chi connectivity index (χ1n) is 8.46. The Labute approximate surface area is 155 Å². The third-order valence-electron chi connectivity index (χ3n) is 4.77. The van der Waals surface area contributed by atoms with E-state index in [-0.39, 0.29) is 11.7 Å². The van der Waals surface area contributed by atoms with Gasteiger partial charge in [0.05, 0.1) is 24.8 Å². The van der Waals surface area contributed by atoms with Crippen molar-refractivity contribution in [2.45, 2.75) is 49.1 Å². The summed E-state index contributed by atoms with van der Waals surface area (Å²) in [6.45, 7) is 0.512. The number of halogens is 1. The first-order valence-corrected chi connectivity index (χ1v) is 8.84. The van der Waals surface area contributed by atoms with Crippen LogP contribution >= 0.6 is 11.6 Å². The van der Waals surface area contributed by atoms with Gasteiger partial charge in [0.2, 0.25) is 5.79 Å². The standard InChI is InChI=1S/C17H23ClO8/c18-11-2-1-9(7-12(11)25-10-3-5-24-6-4-10)17(23)16(22)15(21)14(20)13(8-19)26-17/h1-2,7,10,13-16,19-23H,3-6,8H2/t13-,14-,15+,16-,17-/m1/s1. The molecule has 2 saturated heterocycles. The third-order valence-corrected chi connectivity index (χ3v) is 5.09. The monoisotopic (exact) mass is 390 g/mol. The van der Waals surface area contributed by atoms with Crippen LogP contribution in [0.15, 0.2) is 18.2 Å². The van der Waals surface area contributed by atoms with Crippen LogP contribution in [0, 0.1) is 0 Å². The second-order valence-electron chi connectivity index (χ2n) is 6.54. The summed E-state index contributed by atoms with van der Waals surface area (Å²) in [5.41, 5.74) is 0.0841. The lowest BCUT2D eigenvalue weighted by atomic mass is 9.88. The predicted octanol–water partition coefficient (Wildman–Crippen LogP) is -0.483. The third kappa shape index (κ3) is 3.69. The molecule has 9 heteroatoms. The van der Waals surface area contributed by atoms with Crippen LogP contribution in [0.4, 0.5) is 0 Å². The normalized spacial score (nSPS) is 36.1. The van der Waals surface area contributed by atoms with E-state index in [0.717, 1.165) is 0 Å². The average molecular weight is 391 g/mol. The molecule has 5 atom stereocenters. The minimum Gasteiger partial charge on any atom is -0.489 e. The molecule has 3 rings (SSSR count). The van der Waals surface area contributed by atoms with Crippen LogP contribution in [0.25, 0.3) is 0 Å². The molecule has 5 N–H and O–H groups in total. The summed E-state index contributed by atoms with van der Waals surface area (Å²) in [6.07, 6.45) is -5.06. The van der Waals surface area contributed by atoms with E-state index in [1.54, 1.807) is 0 Å². The van der Waals surface area contributed by atoms with Gasteiger partial charge in [0.25, 0.3) is 0 Å². The summed E-state index contributed by atoms with van der Waals surface area (Å²) in [5.74, 6) is -2.05. The lowest BCUT2D eigenvalue weighted by Gasteiger charge is -2.45. The van der Waals surface area contributed by atoms with Gasteiger partial charge in [-0.15, -0.1) is 0 Å². The zero-order chi connectivity index (χ0) is 18.9. The van der Waals surface area contributed by atoms with Gasteiger partial charge in [-0.1, -0.05) is 17.7 Å². The lowest BCUT2D eigenvalue weighted by molar-refractivity contribution is -0.357. The van der Waals surface area contributed by atoms with Gasteiger partial charge < -0.3 is 39.7 Å². The summed E-state index contributed by atoms with van der Waals surface area (Å²) in [4.78, 5) is 0. The molecule has 0 saturated carbocycles. The molecular formula is C17H23ClO8. The van der Waals surface area contributed by atoms with Crippen LogP contribution < -0.4 is 4.74 Å². The molecule has 2 aliphatic rings. The van der Waals surface area contributed by atoms with Crippen molar-refractivity contribution >= 4 is 11.6 Å². The van der Waals surface area contributed by atoms with Crippen molar-refractivity contribution in [1.82, 2.24) is 0 Å². The Balaban J connectivity index is 1.88. The number of rotatable bonds is 4. The molecule has 0 radical (unpaired) electrons. The molecule has 146 valence electrons. The number of hydrogen-bond acceptors (Lipinski definition) is 8. The van der Waals surface area contributed by atoms with Crippen molar-refractivity contribution in [3.05, 3.63) is 28.8 Å². The Morgan fingerprint density at radius 3 is 2.50 bits per heavy atom. The molecule has 8 nitrogen and oxygen atoms in total. The second kappa shape index (κ2) is 7.95. The first kappa shape index (κ1) is 19.8. The molecule has 0 unspecified atom stereocenters. The fraction of sp³-hybridized carbons (Fsp3) is 0.647. The van der Waals surface area contributed by atoms with E-state index >= 15 is 0 Å². The zero-order valence-corrected chi connectivity index (χ0v) is 14.7. The maximum atomic E-state index is 10.8. The van der Waals surface area contributed by atoms with E-state index in [4.69, 9.17) is 25.8 Å². The van der Waals surface area contributed by atoms with Crippen molar-refractivity contribution in [2.75, 3.05) is 19.8 Å². The van der Waals surface area contributed by atoms with Gasteiger partial charge in [-0.3, -0.25) is 0 Å². The van der Waals surface area contributed by atoms with Gasteiger partial charge in [0.15, 0.2) is 0 Å². The summed E-state index contributed by atoms with van der Waals surface area (Å²) < 4.78 is 16.5. The second-order valence-corrected chi connectivity index (χ2v) is 6.94. The average Bonchev–Trinajstić information content (AvgIpc) is 2.65. The predicted molar refractivity (Wildman–Crippen MR) is 89.8 cm³/mol. The van der Waals surface area contributed by atoms with Crippen LogP contribution in [0.1, 0.15) is 18.4 Å². The Hall–Kier alpha value is -0.970. The number of aliphatic hydroxyl groups is 5. The summed E-state index contributed by atoms with van der Waals surface area (Å²) in [5, 5.41) is 50.6. The van der Waals surface area contributed by atoms with Crippen molar-refractivity contribution in [3.8, 4) is 5.75 Å². The minimum atomic E-state index is -2.34. The van der Waals surface area contributed by atoms with E-state index < -0.39 is 36.8 Å². The van der Waals surface area contributed by atoms with Crippen LogP contribution in [0.5, 0.6) is 5.75 Å². The largest absolute Gasteiger partial charge is 0.489 e. The quantitative estimate of drug-likeness (QED) is 0.466. The Kier molecular flexibility index (Phi) is 6.05. The number of hydrogen-bond donors (Lipinski definition) is 5. The maximum absolute atomic E-state index is 10.8. The number of aliphatic hydroxyl groups excluding tert-OH is 4. The van der Waals surface area contributed by atoms with Crippen LogP contribution in [-0.4, -0.2) is 75.9 Å². The van der Waals surface area contributed by atoms with E-state index in [9.17, 15) is 25.5 Å². The molecule has 2 fully saturated rings. The first-order chi connectivity index (χ1) is 12.4. The topological polar surface area (TPSA) is 129 Å². The fourth-order valence-electron chi connectivity index (χ4n) is 3.18. The molecule has 1 aromatic carbocycles. The number of benzene rings is 1. The zero-order valence-electron chi connectivity index (χ0n) is 14.0. The molecule has 2 heterocycles. The van der Waals surface area contributed by atoms with Crippen molar-refractivity contribution < 1.29 is 39.7 Å². The number of ether oxygens (including phenoxy) is 3. The highest BCUT2D eigenvalue weighted by Gasteiger charge is 2.53. The molecule has 0 bridgehead atoms. The van der Waals surface area contributed by atoms with E-state index in [1.165, 1.54) is 18.2 Å². The van der Waals surface area contributed by atoms with Crippen LogP contribution in [-0.2, 0) is 15.3 Å². The van der Waals surface area contributed by atoms with Gasteiger partial charge in [-0.2, -0.15) is 0 Å². The van der Waals surface area contributed by atoms with Gasteiger partial charge in [0.1, 0.15) is 36.3 Å². The van der Waals surface area contributed by atoms with Crippen molar-refractivity contribution in [3.63, 3.8) is 0 Å². The maximum Gasteiger partial charge on any atom is 0.222 e.